The lowest BCUT2D eigenvalue weighted by atomic mass is 10.1. The molecule has 1 aromatic heterocycles. The van der Waals surface area contributed by atoms with E-state index < -0.39 is 12.1 Å². The number of carbonyl (C=O) groups is 2. The van der Waals surface area contributed by atoms with Crippen LogP contribution in [0, 0.1) is 0 Å². The molecule has 0 unspecified atom stereocenters. The first kappa shape index (κ1) is 18.7. The van der Waals surface area contributed by atoms with Crippen molar-refractivity contribution < 1.29 is 9.59 Å². The van der Waals surface area contributed by atoms with Gasteiger partial charge < -0.3 is 26.3 Å². The number of hydrogen-bond acceptors (Lipinski definition) is 5. The number of rotatable bonds is 6. The maximum atomic E-state index is 13.1. The van der Waals surface area contributed by atoms with Crippen LogP contribution in [0.25, 0.3) is 0 Å². The number of aromatic nitrogens is 2. The quantitative estimate of drug-likeness (QED) is 0.494. The number of hydrogen-bond donors (Lipinski definition) is 4. The largest absolute Gasteiger partial charge is 0.392 e. The highest BCUT2D eigenvalue weighted by atomic mass is 32.1. The van der Waals surface area contributed by atoms with E-state index >= 15 is 0 Å². The second-order valence-electron chi connectivity index (χ2n) is 6.59. The highest BCUT2D eigenvalue weighted by Gasteiger charge is 2.36. The average molecular weight is 395 g/mol. The zero-order valence-corrected chi connectivity index (χ0v) is 15.9. The molecular formula is C16H22N6O2S2. The molecule has 2 aliphatic heterocycles. The Morgan fingerprint density at radius 1 is 1.46 bits per heavy atom. The molecule has 3 atom stereocenters. The van der Waals surface area contributed by atoms with Crippen LogP contribution in [0.4, 0.5) is 0 Å². The number of likely N-dealkylation sites (tertiary alicyclic amines) is 1. The van der Waals surface area contributed by atoms with Crippen molar-refractivity contribution in [3.8, 4) is 0 Å². The summed E-state index contributed by atoms with van der Waals surface area (Å²) in [6.07, 6.45) is 6.42. The maximum Gasteiger partial charge on any atom is 0.246 e. The summed E-state index contributed by atoms with van der Waals surface area (Å²) in [4.78, 5) is 35.3. The highest BCUT2D eigenvalue weighted by Crippen LogP contribution is 2.20. The lowest BCUT2D eigenvalue weighted by molar-refractivity contribution is -0.136. The van der Waals surface area contributed by atoms with Gasteiger partial charge in [0.05, 0.1) is 22.3 Å². The highest BCUT2D eigenvalue weighted by molar-refractivity contribution is 7.80. The molecule has 0 saturated carbocycles. The molecular weight excluding hydrogens is 372 g/mol. The van der Waals surface area contributed by atoms with Crippen LogP contribution in [-0.4, -0.2) is 61.3 Å². The first-order valence-corrected chi connectivity index (χ1v) is 9.44. The van der Waals surface area contributed by atoms with Crippen LogP contribution in [-0.2, 0) is 16.0 Å². The monoisotopic (exact) mass is 394 g/mol. The number of thiocarbonyl (C=S) groups is 2. The molecule has 8 nitrogen and oxygen atoms in total. The van der Waals surface area contributed by atoms with E-state index in [0.717, 1.165) is 18.5 Å². The minimum atomic E-state index is -0.714. The Labute approximate surface area is 162 Å². The zero-order chi connectivity index (χ0) is 18.7. The van der Waals surface area contributed by atoms with Crippen molar-refractivity contribution in [3.63, 3.8) is 0 Å². The molecule has 2 fully saturated rings. The molecule has 0 aromatic carbocycles. The molecule has 26 heavy (non-hydrogen) atoms. The average Bonchev–Trinajstić information content (AvgIpc) is 3.34. The number of amides is 2. The van der Waals surface area contributed by atoms with Crippen LogP contribution < -0.4 is 16.4 Å². The maximum absolute atomic E-state index is 13.1. The Kier molecular flexibility index (Phi) is 5.82. The molecule has 0 bridgehead atoms. The number of imidazole rings is 1. The smallest absolute Gasteiger partial charge is 0.246 e. The molecule has 10 heteroatoms. The van der Waals surface area contributed by atoms with E-state index in [0.29, 0.717) is 35.8 Å². The van der Waals surface area contributed by atoms with E-state index in [9.17, 15) is 9.59 Å². The molecule has 0 spiro atoms. The minimum Gasteiger partial charge on any atom is -0.392 e. The third-order valence-electron chi connectivity index (χ3n) is 4.77. The van der Waals surface area contributed by atoms with Crippen molar-refractivity contribution in [1.29, 1.82) is 0 Å². The van der Waals surface area contributed by atoms with E-state index in [2.05, 4.69) is 20.6 Å². The van der Waals surface area contributed by atoms with Gasteiger partial charge >= 0.3 is 0 Å². The lowest BCUT2D eigenvalue weighted by Gasteiger charge is -2.29. The summed E-state index contributed by atoms with van der Waals surface area (Å²) in [5, 5.41) is 5.86. The fourth-order valence-electron chi connectivity index (χ4n) is 3.43. The SMILES string of the molecule is NC(=S)[C@@H]1CCCN1C(=O)[C@H](Cc1cnc[nH]1)NC(=O)[C@@H]1CCC(=S)N1. The van der Waals surface area contributed by atoms with Gasteiger partial charge in [-0.1, -0.05) is 24.4 Å². The van der Waals surface area contributed by atoms with Crippen LogP contribution in [0.1, 0.15) is 31.4 Å². The van der Waals surface area contributed by atoms with Gasteiger partial charge in [-0.25, -0.2) is 4.98 Å². The number of H-pyrrole nitrogens is 1. The summed E-state index contributed by atoms with van der Waals surface area (Å²) in [6, 6.07) is -1.37. The van der Waals surface area contributed by atoms with Crippen LogP contribution in [0.5, 0.6) is 0 Å². The van der Waals surface area contributed by atoms with Crippen LogP contribution in [0.3, 0.4) is 0 Å². The standard InChI is InChI=1S/C16H22N6O2S2/c17-14(26)12-2-1-5-22(12)16(24)11(6-9-7-18-8-19-9)21-15(23)10-3-4-13(25)20-10/h7-8,10-12H,1-6H2,(H2,17,26)(H,18,19)(H,20,25)(H,21,23)/t10-,11-,12-/m0/s1. The van der Waals surface area contributed by atoms with E-state index in [-0.39, 0.29) is 17.9 Å². The van der Waals surface area contributed by atoms with Crippen molar-refractivity contribution in [2.75, 3.05) is 6.54 Å². The molecule has 5 N–H and O–H groups in total. The normalized spacial score (nSPS) is 23.5. The molecule has 0 aliphatic carbocycles. The zero-order valence-electron chi connectivity index (χ0n) is 14.2. The summed E-state index contributed by atoms with van der Waals surface area (Å²) in [6.45, 7) is 0.585. The van der Waals surface area contributed by atoms with Gasteiger partial charge in [-0.15, -0.1) is 0 Å². The molecule has 2 amide bonds. The predicted octanol–water partition coefficient (Wildman–Crippen LogP) is -0.206. The van der Waals surface area contributed by atoms with Crippen molar-refractivity contribution in [1.82, 2.24) is 25.5 Å². The van der Waals surface area contributed by atoms with Gasteiger partial charge in [0.25, 0.3) is 0 Å². The molecule has 3 heterocycles. The fraction of sp³-hybridized carbons (Fsp3) is 0.562. The Morgan fingerprint density at radius 2 is 2.27 bits per heavy atom. The summed E-state index contributed by atoms with van der Waals surface area (Å²) in [7, 11) is 0. The molecule has 0 radical (unpaired) electrons. The van der Waals surface area contributed by atoms with Crippen molar-refractivity contribution in [3.05, 3.63) is 18.2 Å². The van der Waals surface area contributed by atoms with Gasteiger partial charge in [-0.2, -0.15) is 0 Å². The van der Waals surface area contributed by atoms with Crippen LogP contribution >= 0.6 is 24.4 Å². The first-order chi connectivity index (χ1) is 12.5. The van der Waals surface area contributed by atoms with Crippen molar-refractivity contribution in [2.24, 2.45) is 5.73 Å². The predicted molar refractivity (Wildman–Crippen MR) is 104 cm³/mol. The van der Waals surface area contributed by atoms with Crippen molar-refractivity contribution in [2.45, 2.75) is 50.2 Å². The van der Waals surface area contributed by atoms with E-state index in [4.69, 9.17) is 30.2 Å². The van der Waals surface area contributed by atoms with Gasteiger partial charge in [-0.3, -0.25) is 9.59 Å². The third-order valence-corrected chi connectivity index (χ3v) is 5.36. The third kappa shape index (κ3) is 4.18. The van der Waals surface area contributed by atoms with Gasteiger partial charge in [0.15, 0.2) is 0 Å². The van der Waals surface area contributed by atoms with Crippen molar-refractivity contribution >= 4 is 46.2 Å². The number of aromatic amines is 1. The van der Waals surface area contributed by atoms with Gasteiger partial charge in [0, 0.05) is 31.3 Å². The molecule has 2 saturated heterocycles. The van der Waals surface area contributed by atoms with Gasteiger partial charge in [0.2, 0.25) is 11.8 Å². The van der Waals surface area contributed by atoms with E-state index in [1.165, 1.54) is 0 Å². The summed E-state index contributed by atoms with van der Waals surface area (Å²) in [5.74, 6) is -0.405. The van der Waals surface area contributed by atoms with Gasteiger partial charge in [-0.05, 0) is 19.3 Å². The molecule has 1 aromatic rings. The van der Waals surface area contributed by atoms with E-state index in [1.807, 2.05) is 0 Å². The Hall–Kier alpha value is -2.07. The number of nitrogens with one attached hydrogen (secondary N) is 3. The Bertz CT molecular complexity index is 708. The van der Waals surface area contributed by atoms with Crippen LogP contribution in [0.2, 0.25) is 0 Å². The minimum absolute atomic E-state index is 0.177. The topological polar surface area (TPSA) is 116 Å². The Morgan fingerprint density at radius 3 is 2.88 bits per heavy atom. The molecule has 2 aliphatic rings. The summed E-state index contributed by atoms with van der Waals surface area (Å²) < 4.78 is 0. The lowest BCUT2D eigenvalue weighted by Crippen LogP contribution is -2.55. The molecule has 3 rings (SSSR count). The Balaban J connectivity index is 1.74. The second kappa shape index (κ2) is 8.09. The second-order valence-corrected chi connectivity index (χ2v) is 7.56. The first-order valence-electron chi connectivity index (χ1n) is 8.62. The van der Waals surface area contributed by atoms with E-state index in [1.54, 1.807) is 17.4 Å². The number of carbonyl (C=O) groups excluding carboxylic acids is 2. The fourth-order valence-corrected chi connectivity index (χ4v) is 3.93. The molecule has 140 valence electrons. The van der Waals surface area contributed by atoms with Crippen LogP contribution in [0.15, 0.2) is 12.5 Å². The summed E-state index contributed by atoms with van der Waals surface area (Å²) in [5.41, 5.74) is 6.56. The number of nitrogens with two attached hydrogens (primary N) is 1. The number of nitrogens with zero attached hydrogens (tertiary/aromatic N) is 2. The summed E-state index contributed by atoms with van der Waals surface area (Å²) >= 11 is 10.2. The van der Waals surface area contributed by atoms with Gasteiger partial charge in [0.1, 0.15) is 12.1 Å².